The molecule has 114 valence electrons. The lowest BCUT2D eigenvalue weighted by Gasteiger charge is -2.22. The van der Waals surface area contributed by atoms with Crippen LogP contribution in [0.1, 0.15) is 17.0 Å². The normalized spacial score (nSPS) is 15.2. The zero-order chi connectivity index (χ0) is 15.4. The molecule has 1 aliphatic rings. The van der Waals surface area contributed by atoms with Crippen molar-refractivity contribution < 1.29 is 0 Å². The van der Waals surface area contributed by atoms with Crippen LogP contribution in [-0.2, 0) is 13.1 Å². The molecule has 0 unspecified atom stereocenters. The maximum Gasteiger partial charge on any atom is 0.133 e. The molecular formula is C18H22N4. The first-order valence-corrected chi connectivity index (χ1v) is 7.71. The first kappa shape index (κ1) is 14.7. The van der Waals surface area contributed by atoms with E-state index in [0.717, 1.165) is 49.9 Å². The molecule has 0 N–H and O–H groups in total. The number of anilines is 1. The molecule has 0 spiro atoms. The summed E-state index contributed by atoms with van der Waals surface area (Å²) in [6.07, 6.45) is 3.81. The molecule has 3 rings (SSSR count). The molecule has 0 amide bonds. The molecule has 2 aromatic heterocycles. The monoisotopic (exact) mass is 294 g/mol. The van der Waals surface area contributed by atoms with Crippen molar-refractivity contribution in [3.05, 3.63) is 66.1 Å². The van der Waals surface area contributed by atoms with E-state index in [1.165, 1.54) is 5.56 Å². The van der Waals surface area contributed by atoms with E-state index in [9.17, 15) is 0 Å². The molecule has 0 saturated carbocycles. The molecule has 2 aromatic rings. The zero-order valence-electron chi connectivity index (χ0n) is 13.1. The van der Waals surface area contributed by atoms with Gasteiger partial charge in [0.2, 0.25) is 0 Å². The summed E-state index contributed by atoms with van der Waals surface area (Å²) in [6.45, 7) is 10.5. The fourth-order valence-electron chi connectivity index (χ4n) is 2.91. The fraction of sp³-hybridized carbons (Fsp3) is 0.333. The number of rotatable bonds is 4. The third-order valence-corrected chi connectivity index (χ3v) is 3.93. The second kappa shape index (κ2) is 6.71. The maximum atomic E-state index is 4.62. The van der Waals surface area contributed by atoms with E-state index < -0.39 is 0 Å². The largest absolute Gasteiger partial charge is 0.351 e. The standard InChI is InChI=1S/C18H22N4/c1-3-10-22-12-11-21(13-16-7-5-9-19-18(16)22)14-17-8-4-6-15(2)20-17/h3-9H,1,10-14H2,2H3. The van der Waals surface area contributed by atoms with Crippen LogP contribution in [0.3, 0.4) is 0 Å². The van der Waals surface area contributed by atoms with Crippen molar-refractivity contribution in [1.82, 2.24) is 14.9 Å². The van der Waals surface area contributed by atoms with Gasteiger partial charge in [-0.25, -0.2) is 4.98 Å². The van der Waals surface area contributed by atoms with Gasteiger partial charge in [-0.1, -0.05) is 18.2 Å². The summed E-state index contributed by atoms with van der Waals surface area (Å²) in [5.74, 6) is 1.09. The van der Waals surface area contributed by atoms with Crippen molar-refractivity contribution in [3.8, 4) is 0 Å². The van der Waals surface area contributed by atoms with Gasteiger partial charge in [0.25, 0.3) is 0 Å². The van der Waals surface area contributed by atoms with Crippen LogP contribution >= 0.6 is 0 Å². The lowest BCUT2D eigenvalue weighted by molar-refractivity contribution is 0.265. The number of aromatic nitrogens is 2. The average Bonchev–Trinajstić information content (AvgIpc) is 2.68. The molecule has 0 aromatic carbocycles. The topological polar surface area (TPSA) is 32.3 Å². The smallest absolute Gasteiger partial charge is 0.133 e. The second-order valence-electron chi connectivity index (χ2n) is 5.70. The van der Waals surface area contributed by atoms with Gasteiger partial charge in [-0.3, -0.25) is 9.88 Å². The molecule has 0 radical (unpaired) electrons. The van der Waals surface area contributed by atoms with Crippen LogP contribution in [0.5, 0.6) is 0 Å². The van der Waals surface area contributed by atoms with Crippen molar-refractivity contribution in [2.75, 3.05) is 24.5 Å². The Morgan fingerprint density at radius 2 is 2.14 bits per heavy atom. The molecule has 3 heterocycles. The van der Waals surface area contributed by atoms with Crippen LogP contribution in [0.25, 0.3) is 0 Å². The predicted octanol–water partition coefficient (Wildman–Crippen LogP) is 2.79. The van der Waals surface area contributed by atoms with Gasteiger partial charge in [-0.15, -0.1) is 6.58 Å². The lowest BCUT2D eigenvalue weighted by Crippen LogP contribution is -2.31. The lowest BCUT2D eigenvalue weighted by atomic mass is 10.2. The van der Waals surface area contributed by atoms with E-state index in [1.807, 2.05) is 31.3 Å². The Kier molecular flexibility index (Phi) is 4.49. The summed E-state index contributed by atoms with van der Waals surface area (Å²) in [6, 6.07) is 10.4. The molecule has 0 atom stereocenters. The third kappa shape index (κ3) is 3.34. The number of hydrogen-bond donors (Lipinski definition) is 0. The number of pyridine rings is 2. The van der Waals surface area contributed by atoms with E-state index in [4.69, 9.17) is 0 Å². The van der Waals surface area contributed by atoms with Gasteiger partial charge in [-0.2, -0.15) is 0 Å². The van der Waals surface area contributed by atoms with Crippen LogP contribution in [0, 0.1) is 6.92 Å². The SMILES string of the molecule is C=CCN1CCN(Cc2cccc(C)n2)Cc2cccnc21. The van der Waals surface area contributed by atoms with Gasteiger partial charge in [0.05, 0.1) is 5.69 Å². The number of hydrogen-bond acceptors (Lipinski definition) is 4. The molecule has 4 nitrogen and oxygen atoms in total. The first-order chi connectivity index (χ1) is 10.8. The Hall–Kier alpha value is -2.20. The molecule has 0 aliphatic carbocycles. The van der Waals surface area contributed by atoms with E-state index in [1.54, 1.807) is 0 Å². The van der Waals surface area contributed by atoms with E-state index in [0.29, 0.717) is 0 Å². The highest BCUT2D eigenvalue weighted by atomic mass is 15.2. The van der Waals surface area contributed by atoms with Gasteiger partial charge in [0.1, 0.15) is 5.82 Å². The zero-order valence-corrected chi connectivity index (χ0v) is 13.1. The number of nitrogens with zero attached hydrogens (tertiary/aromatic N) is 4. The molecule has 0 bridgehead atoms. The molecular weight excluding hydrogens is 272 g/mol. The van der Waals surface area contributed by atoms with Crippen LogP contribution in [0.4, 0.5) is 5.82 Å². The fourth-order valence-corrected chi connectivity index (χ4v) is 2.91. The van der Waals surface area contributed by atoms with Crippen molar-refractivity contribution in [3.63, 3.8) is 0 Å². The minimum atomic E-state index is 0.834. The van der Waals surface area contributed by atoms with Crippen molar-refractivity contribution in [2.24, 2.45) is 0 Å². The van der Waals surface area contributed by atoms with Crippen LogP contribution in [0.15, 0.2) is 49.2 Å². The number of aryl methyl sites for hydroxylation is 1. The second-order valence-corrected chi connectivity index (χ2v) is 5.70. The molecule has 0 fully saturated rings. The van der Waals surface area contributed by atoms with Gasteiger partial charge in [0, 0.05) is 50.2 Å². The minimum absolute atomic E-state index is 0.834. The highest BCUT2D eigenvalue weighted by Gasteiger charge is 2.20. The quantitative estimate of drug-likeness (QED) is 0.812. The summed E-state index contributed by atoms with van der Waals surface area (Å²) in [4.78, 5) is 13.9. The average molecular weight is 294 g/mol. The first-order valence-electron chi connectivity index (χ1n) is 7.71. The van der Waals surface area contributed by atoms with Crippen molar-refractivity contribution >= 4 is 5.82 Å². The predicted molar refractivity (Wildman–Crippen MR) is 89.7 cm³/mol. The third-order valence-electron chi connectivity index (χ3n) is 3.93. The summed E-state index contributed by atoms with van der Waals surface area (Å²) < 4.78 is 0. The molecule has 1 aliphatic heterocycles. The summed E-state index contributed by atoms with van der Waals surface area (Å²) in [5, 5.41) is 0. The Balaban J connectivity index is 1.80. The summed E-state index contributed by atoms with van der Waals surface area (Å²) in [5.41, 5.74) is 3.47. The van der Waals surface area contributed by atoms with E-state index in [2.05, 4.69) is 44.5 Å². The van der Waals surface area contributed by atoms with E-state index in [-0.39, 0.29) is 0 Å². The molecule has 4 heteroatoms. The Bertz CT molecular complexity index is 653. The maximum absolute atomic E-state index is 4.62. The van der Waals surface area contributed by atoms with Crippen LogP contribution in [-0.4, -0.2) is 34.5 Å². The van der Waals surface area contributed by atoms with Crippen molar-refractivity contribution in [2.45, 2.75) is 20.0 Å². The minimum Gasteiger partial charge on any atom is -0.351 e. The number of fused-ring (bicyclic) bond motifs is 1. The Labute approximate surface area is 132 Å². The van der Waals surface area contributed by atoms with Gasteiger partial charge in [0.15, 0.2) is 0 Å². The van der Waals surface area contributed by atoms with Crippen molar-refractivity contribution in [1.29, 1.82) is 0 Å². The molecule has 0 saturated heterocycles. The van der Waals surface area contributed by atoms with Crippen LogP contribution in [0.2, 0.25) is 0 Å². The van der Waals surface area contributed by atoms with Gasteiger partial charge < -0.3 is 4.90 Å². The summed E-state index contributed by atoms with van der Waals surface area (Å²) in [7, 11) is 0. The highest BCUT2D eigenvalue weighted by molar-refractivity contribution is 5.48. The van der Waals surface area contributed by atoms with Crippen LogP contribution < -0.4 is 4.90 Å². The van der Waals surface area contributed by atoms with E-state index >= 15 is 0 Å². The highest BCUT2D eigenvalue weighted by Crippen LogP contribution is 2.23. The molecule has 22 heavy (non-hydrogen) atoms. The Morgan fingerprint density at radius 1 is 1.23 bits per heavy atom. The Morgan fingerprint density at radius 3 is 2.95 bits per heavy atom. The summed E-state index contributed by atoms with van der Waals surface area (Å²) >= 11 is 0. The van der Waals surface area contributed by atoms with Gasteiger partial charge >= 0.3 is 0 Å². The van der Waals surface area contributed by atoms with Gasteiger partial charge in [-0.05, 0) is 25.1 Å².